The van der Waals surface area contributed by atoms with Crippen molar-refractivity contribution in [3.63, 3.8) is 0 Å². The van der Waals surface area contributed by atoms with E-state index < -0.39 is 6.09 Å². The molecular weight excluding hydrogens is 514 g/mol. The van der Waals surface area contributed by atoms with E-state index in [1.807, 2.05) is 35.2 Å². The second-order valence-electron chi connectivity index (χ2n) is 10.7. The molecule has 3 aliphatic heterocycles. The molecule has 40 heavy (non-hydrogen) atoms. The van der Waals surface area contributed by atoms with Crippen LogP contribution in [0.5, 0.6) is 17.2 Å². The van der Waals surface area contributed by atoms with E-state index in [2.05, 4.69) is 10.2 Å². The highest BCUT2D eigenvalue weighted by Gasteiger charge is 2.42. The average Bonchev–Trinajstić information content (AvgIpc) is 3.72. The van der Waals surface area contributed by atoms with Gasteiger partial charge in [0.25, 0.3) is 5.91 Å². The SMILES string of the molecule is COc1cc(OC)c(C(=O)N2CC3CN(CCC(NC(=O)OC4CCOC4)c4ccccc4)C[C@H]3C2)c(OC)c1. The molecule has 2 aromatic carbocycles. The zero-order valence-electron chi connectivity index (χ0n) is 23.5. The van der Waals surface area contributed by atoms with E-state index in [-0.39, 0.29) is 18.1 Å². The van der Waals surface area contributed by atoms with E-state index in [1.165, 1.54) is 0 Å². The van der Waals surface area contributed by atoms with Gasteiger partial charge in [0, 0.05) is 51.3 Å². The van der Waals surface area contributed by atoms with Crippen molar-refractivity contribution in [2.24, 2.45) is 11.8 Å². The lowest BCUT2D eigenvalue weighted by Crippen LogP contribution is -2.36. The molecule has 2 amide bonds. The maximum atomic E-state index is 13.6. The summed E-state index contributed by atoms with van der Waals surface area (Å²) in [6, 6.07) is 13.3. The molecule has 1 N–H and O–H groups in total. The lowest BCUT2D eigenvalue weighted by atomic mass is 10.0. The minimum absolute atomic E-state index is 0.0863. The molecule has 2 aromatic rings. The van der Waals surface area contributed by atoms with Gasteiger partial charge in [-0.05, 0) is 23.8 Å². The maximum absolute atomic E-state index is 13.6. The summed E-state index contributed by atoms with van der Waals surface area (Å²) in [4.78, 5) is 30.5. The number of amides is 2. The summed E-state index contributed by atoms with van der Waals surface area (Å²) in [6.07, 6.45) is 0.916. The van der Waals surface area contributed by atoms with Crippen LogP contribution in [-0.2, 0) is 9.47 Å². The number of benzene rings is 2. The van der Waals surface area contributed by atoms with Crippen molar-refractivity contribution >= 4 is 12.0 Å². The number of hydrogen-bond acceptors (Lipinski definition) is 8. The molecule has 3 fully saturated rings. The van der Waals surface area contributed by atoms with Crippen LogP contribution in [0.1, 0.15) is 34.8 Å². The summed E-state index contributed by atoms with van der Waals surface area (Å²) in [5.41, 5.74) is 1.48. The number of nitrogens with zero attached hydrogens (tertiary/aromatic N) is 2. The summed E-state index contributed by atoms with van der Waals surface area (Å²) in [6.45, 7) is 5.13. The van der Waals surface area contributed by atoms with Crippen LogP contribution >= 0.6 is 0 Å². The van der Waals surface area contributed by atoms with Crippen molar-refractivity contribution in [3.8, 4) is 17.2 Å². The molecule has 3 heterocycles. The van der Waals surface area contributed by atoms with E-state index in [4.69, 9.17) is 23.7 Å². The largest absolute Gasteiger partial charge is 0.496 e. The molecule has 0 aliphatic carbocycles. The zero-order chi connectivity index (χ0) is 28.1. The molecule has 5 rings (SSSR count). The van der Waals surface area contributed by atoms with Gasteiger partial charge in [-0.1, -0.05) is 30.3 Å². The van der Waals surface area contributed by atoms with E-state index >= 15 is 0 Å². The molecular formula is C30H39N3O7. The van der Waals surface area contributed by atoms with E-state index in [0.29, 0.717) is 61.0 Å². The molecule has 4 atom stereocenters. The van der Waals surface area contributed by atoms with Gasteiger partial charge in [-0.2, -0.15) is 0 Å². The fraction of sp³-hybridized carbons (Fsp3) is 0.533. The van der Waals surface area contributed by atoms with Crippen LogP contribution in [-0.4, -0.2) is 95.2 Å². The molecule has 0 bridgehead atoms. The number of hydrogen-bond donors (Lipinski definition) is 1. The number of carbonyl (C=O) groups excluding carboxylic acids is 2. The topological polar surface area (TPSA) is 98.8 Å². The fourth-order valence-electron chi connectivity index (χ4n) is 6.07. The third-order valence-corrected chi connectivity index (χ3v) is 8.17. The monoisotopic (exact) mass is 553 g/mol. The number of fused-ring (bicyclic) bond motifs is 1. The Kier molecular flexibility index (Phi) is 8.96. The third-order valence-electron chi connectivity index (χ3n) is 8.17. The van der Waals surface area contributed by atoms with Crippen LogP contribution < -0.4 is 19.5 Å². The normalized spacial score (nSPS) is 23.0. The Morgan fingerprint density at radius 2 is 1.65 bits per heavy atom. The van der Waals surface area contributed by atoms with Gasteiger partial charge in [0.2, 0.25) is 0 Å². The van der Waals surface area contributed by atoms with Gasteiger partial charge >= 0.3 is 6.09 Å². The predicted octanol–water partition coefficient (Wildman–Crippen LogP) is 3.36. The van der Waals surface area contributed by atoms with E-state index in [1.54, 1.807) is 33.5 Å². The Morgan fingerprint density at radius 1 is 0.975 bits per heavy atom. The van der Waals surface area contributed by atoms with Crippen molar-refractivity contribution in [1.82, 2.24) is 15.1 Å². The second-order valence-corrected chi connectivity index (χ2v) is 10.7. The average molecular weight is 554 g/mol. The highest BCUT2D eigenvalue weighted by atomic mass is 16.6. The van der Waals surface area contributed by atoms with Crippen LogP contribution in [0.3, 0.4) is 0 Å². The minimum Gasteiger partial charge on any atom is -0.496 e. The smallest absolute Gasteiger partial charge is 0.407 e. The standard InChI is InChI=1S/C30H39N3O7/c1-36-24-13-26(37-2)28(27(14-24)38-3)29(34)33-17-21-15-32(16-22(21)18-33)11-9-25(20-7-5-4-6-8-20)31-30(35)40-23-10-12-39-19-23/h4-8,13-14,21-23,25H,9-12,15-19H2,1-3H3,(H,31,35)/t21-,22?,23?,25?/m0/s1. The number of alkyl carbamates (subject to hydrolysis) is 1. The number of methoxy groups -OCH3 is 3. The molecule has 216 valence electrons. The van der Waals surface area contributed by atoms with Crippen LogP contribution in [0.15, 0.2) is 42.5 Å². The van der Waals surface area contributed by atoms with Gasteiger partial charge in [-0.3, -0.25) is 4.79 Å². The molecule has 10 nitrogen and oxygen atoms in total. The Bertz CT molecular complexity index is 1130. The fourth-order valence-corrected chi connectivity index (χ4v) is 6.07. The minimum atomic E-state index is -0.402. The molecule has 0 saturated carbocycles. The number of rotatable bonds is 10. The maximum Gasteiger partial charge on any atom is 0.407 e. The summed E-state index contributed by atoms with van der Waals surface area (Å²) in [5.74, 6) is 2.17. The van der Waals surface area contributed by atoms with Gasteiger partial charge in [-0.25, -0.2) is 4.79 Å². The molecule has 3 aliphatic rings. The molecule has 3 unspecified atom stereocenters. The Hall–Kier alpha value is -3.50. The van der Waals surface area contributed by atoms with Crippen molar-refractivity contribution in [2.45, 2.75) is 25.0 Å². The molecule has 3 saturated heterocycles. The number of carbonyl (C=O) groups is 2. The quantitative estimate of drug-likeness (QED) is 0.478. The van der Waals surface area contributed by atoms with Gasteiger partial charge in [-0.15, -0.1) is 0 Å². The van der Waals surface area contributed by atoms with Crippen molar-refractivity contribution < 1.29 is 33.3 Å². The summed E-state index contributed by atoms with van der Waals surface area (Å²) < 4.78 is 27.2. The molecule has 0 spiro atoms. The highest BCUT2D eigenvalue weighted by molar-refractivity contribution is 6.00. The zero-order valence-corrected chi connectivity index (χ0v) is 23.5. The van der Waals surface area contributed by atoms with Gasteiger partial charge < -0.3 is 38.8 Å². The Balaban J connectivity index is 1.17. The van der Waals surface area contributed by atoms with Crippen molar-refractivity contribution in [3.05, 3.63) is 53.6 Å². The van der Waals surface area contributed by atoms with Crippen LogP contribution in [0.25, 0.3) is 0 Å². The van der Waals surface area contributed by atoms with E-state index in [0.717, 1.165) is 38.0 Å². The van der Waals surface area contributed by atoms with Crippen molar-refractivity contribution in [2.75, 3.05) is 67.3 Å². The Morgan fingerprint density at radius 3 is 2.23 bits per heavy atom. The summed E-state index contributed by atoms with van der Waals surface area (Å²) >= 11 is 0. The first-order chi connectivity index (χ1) is 19.5. The first-order valence-corrected chi connectivity index (χ1v) is 13.9. The third kappa shape index (κ3) is 6.28. The van der Waals surface area contributed by atoms with Crippen LogP contribution in [0.2, 0.25) is 0 Å². The molecule has 0 radical (unpaired) electrons. The molecule has 10 heteroatoms. The number of nitrogens with one attached hydrogen (secondary N) is 1. The lowest BCUT2D eigenvalue weighted by molar-refractivity contribution is 0.0766. The predicted molar refractivity (Wildman–Crippen MR) is 148 cm³/mol. The van der Waals surface area contributed by atoms with E-state index in [9.17, 15) is 9.59 Å². The van der Waals surface area contributed by atoms with Gasteiger partial charge in [0.15, 0.2) is 0 Å². The number of ether oxygens (including phenoxy) is 5. The summed E-state index contributed by atoms with van der Waals surface area (Å²) in [7, 11) is 4.66. The van der Waals surface area contributed by atoms with Gasteiger partial charge in [0.05, 0.1) is 40.6 Å². The van der Waals surface area contributed by atoms with Crippen LogP contribution in [0.4, 0.5) is 4.79 Å². The van der Waals surface area contributed by atoms with Gasteiger partial charge in [0.1, 0.15) is 28.9 Å². The highest BCUT2D eigenvalue weighted by Crippen LogP contribution is 2.38. The van der Waals surface area contributed by atoms with Crippen molar-refractivity contribution in [1.29, 1.82) is 0 Å². The summed E-state index contributed by atoms with van der Waals surface area (Å²) in [5, 5.41) is 3.08. The first-order valence-electron chi connectivity index (χ1n) is 13.9. The first kappa shape index (κ1) is 28.0. The molecule has 0 aromatic heterocycles. The Labute approximate surface area is 235 Å². The number of likely N-dealkylation sites (tertiary alicyclic amines) is 2. The second kappa shape index (κ2) is 12.8. The van der Waals surface area contributed by atoms with Crippen LogP contribution in [0, 0.1) is 11.8 Å². The lowest BCUT2D eigenvalue weighted by Gasteiger charge is -2.25.